The van der Waals surface area contributed by atoms with Crippen molar-refractivity contribution in [2.24, 2.45) is 5.10 Å². The first-order valence-corrected chi connectivity index (χ1v) is 14.0. The summed E-state index contributed by atoms with van der Waals surface area (Å²) in [7, 11) is 1.27. The molecule has 5 N–H and O–H groups in total. The highest BCUT2D eigenvalue weighted by Gasteiger charge is 2.32. The minimum absolute atomic E-state index is 0.159. The second kappa shape index (κ2) is 15.3. The Bertz CT molecular complexity index is 1570. The number of esters is 1. The third-order valence-electron chi connectivity index (χ3n) is 6.60. The van der Waals surface area contributed by atoms with Crippen LogP contribution in [0.25, 0.3) is 0 Å². The first-order valence-electron chi connectivity index (χ1n) is 14.0. The van der Waals surface area contributed by atoms with Gasteiger partial charge in [-0.25, -0.2) is 14.4 Å². The topological polar surface area (TPSA) is 177 Å². The summed E-state index contributed by atoms with van der Waals surface area (Å²) in [5.74, 6) is -0.224. The summed E-state index contributed by atoms with van der Waals surface area (Å²) in [6.07, 6.45) is 0.380. The number of amides is 2. The van der Waals surface area contributed by atoms with Crippen molar-refractivity contribution in [3.05, 3.63) is 100 Å². The number of aliphatic hydroxyl groups is 1. The van der Waals surface area contributed by atoms with Crippen LogP contribution in [0.5, 0.6) is 17.2 Å². The molecule has 0 aliphatic carbocycles. The molecule has 0 saturated heterocycles. The number of carboxylic acid groups (broad SMARTS) is 1. The molecule has 1 aliphatic heterocycles. The SMILES string of the molecule is CCOc1cc([C@@H]2NC(=O)NC(C)=C2C(=O)OC)ccc1OC[C@@H](O)N/N=C\c1ccc(OCc2ccc(C(=O)O)cc2)cc1. The van der Waals surface area contributed by atoms with Crippen LogP contribution in [0.1, 0.15) is 46.9 Å². The summed E-state index contributed by atoms with van der Waals surface area (Å²) in [4.78, 5) is 35.5. The van der Waals surface area contributed by atoms with Gasteiger partial charge in [0.1, 0.15) is 19.0 Å². The summed E-state index contributed by atoms with van der Waals surface area (Å²) in [5.41, 5.74) is 5.63. The Kier molecular flexibility index (Phi) is 11.0. The van der Waals surface area contributed by atoms with Crippen LogP contribution in [0.15, 0.2) is 83.1 Å². The molecule has 1 aliphatic rings. The minimum Gasteiger partial charge on any atom is -0.490 e. The Morgan fingerprint density at radius 1 is 1.02 bits per heavy atom. The number of ether oxygens (including phenoxy) is 4. The molecule has 4 rings (SSSR count). The van der Waals surface area contributed by atoms with Gasteiger partial charge in [0.2, 0.25) is 0 Å². The van der Waals surface area contributed by atoms with E-state index in [9.17, 15) is 19.5 Å². The van der Waals surface area contributed by atoms with Gasteiger partial charge in [0.15, 0.2) is 17.7 Å². The lowest BCUT2D eigenvalue weighted by Crippen LogP contribution is -2.45. The van der Waals surface area contributed by atoms with Gasteiger partial charge in [-0.15, -0.1) is 0 Å². The number of carbonyl (C=O) groups excluding carboxylic acids is 2. The molecule has 45 heavy (non-hydrogen) atoms. The molecule has 0 aromatic heterocycles. The molecule has 0 spiro atoms. The van der Waals surface area contributed by atoms with E-state index in [4.69, 9.17) is 24.1 Å². The lowest BCUT2D eigenvalue weighted by atomic mass is 9.95. The molecule has 0 saturated carbocycles. The average molecular weight is 619 g/mol. The molecule has 0 unspecified atom stereocenters. The zero-order chi connectivity index (χ0) is 32.3. The number of benzene rings is 3. The maximum atomic E-state index is 12.4. The molecule has 2 atom stereocenters. The van der Waals surface area contributed by atoms with E-state index < -0.39 is 30.2 Å². The van der Waals surface area contributed by atoms with E-state index in [2.05, 4.69) is 21.2 Å². The molecule has 13 nitrogen and oxygen atoms in total. The lowest BCUT2D eigenvalue weighted by Gasteiger charge is -2.28. The Labute approximate surface area is 259 Å². The number of allylic oxidation sites excluding steroid dienone is 1. The fraction of sp³-hybridized carbons (Fsp3) is 0.250. The first kappa shape index (κ1) is 32.4. The van der Waals surface area contributed by atoms with E-state index >= 15 is 0 Å². The number of urea groups is 1. The summed E-state index contributed by atoms with van der Waals surface area (Å²) >= 11 is 0. The second-order valence-electron chi connectivity index (χ2n) is 9.77. The van der Waals surface area contributed by atoms with Gasteiger partial charge in [-0.3, -0.25) is 5.43 Å². The number of carbonyl (C=O) groups is 3. The van der Waals surface area contributed by atoms with Crippen molar-refractivity contribution < 1.29 is 43.5 Å². The predicted octanol–water partition coefficient (Wildman–Crippen LogP) is 3.48. The fourth-order valence-corrected chi connectivity index (χ4v) is 4.38. The highest BCUT2D eigenvalue weighted by Crippen LogP contribution is 2.35. The van der Waals surface area contributed by atoms with E-state index in [1.54, 1.807) is 68.4 Å². The Balaban J connectivity index is 1.30. The van der Waals surface area contributed by atoms with Gasteiger partial charge in [-0.2, -0.15) is 5.10 Å². The van der Waals surface area contributed by atoms with Crippen LogP contribution in [0.4, 0.5) is 4.79 Å². The maximum absolute atomic E-state index is 12.4. The Morgan fingerprint density at radius 3 is 2.42 bits per heavy atom. The van der Waals surface area contributed by atoms with Gasteiger partial charge in [0.05, 0.1) is 37.1 Å². The van der Waals surface area contributed by atoms with Gasteiger partial charge in [0, 0.05) is 5.70 Å². The number of carboxylic acids is 1. The van der Waals surface area contributed by atoms with Gasteiger partial charge in [0.25, 0.3) is 0 Å². The first-order chi connectivity index (χ1) is 21.7. The molecule has 0 bridgehead atoms. The van der Waals surface area contributed by atoms with Crippen molar-refractivity contribution in [3.63, 3.8) is 0 Å². The van der Waals surface area contributed by atoms with Crippen LogP contribution in [-0.2, 0) is 16.1 Å². The lowest BCUT2D eigenvalue weighted by molar-refractivity contribution is -0.136. The molecular weight excluding hydrogens is 584 g/mol. The van der Waals surface area contributed by atoms with Crippen molar-refractivity contribution in [3.8, 4) is 17.2 Å². The van der Waals surface area contributed by atoms with E-state index in [1.807, 2.05) is 0 Å². The van der Waals surface area contributed by atoms with Gasteiger partial charge < -0.3 is 39.8 Å². The summed E-state index contributed by atoms with van der Waals surface area (Å²) in [6.45, 7) is 3.88. The molecule has 236 valence electrons. The van der Waals surface area contributed by atoms with E-state index in [1.165, 1.54) is 25.5 Å². The number of hydrogen-bond acceptors (Lipinski definition) is 10. The van der Waals surface area contributed by atoms with Crippen LogP contribution >= 0.6 is 0 Å². The fourth-order valence-electron chi connectivity index (χ4n) is 4.38. The molecule has 3 aromatic carbocycles. The average Bonchev–Trinajstić information content (AvgIpc) is 3.03. The molecule has 0 radical (unpaired) electrons. The van der Waals surface area contributed by atoms with E-state index in [-0.39, 0.29) is 24.4 Å². The van der Waals surface area contributed by atoms with Crippen LogP contribution in [-0.4, -0.2) is 60.9 Å². The highest BCUT2D eigenvalue weighted by atomic mass is 16.5. The van der Waals surface area contributed by atoms with E-state index in [0.717, 1.165) is 11.1 Å². The van der Waals surface area contributed by atoms with E-state index in [0.29, 0.717) is 35.1 Å². The largest absolute Gasteiger partial charge is 0.490 e. The summed E-state index contributed by atoms with van der Waals surface area (Å²) in [6, 6.07) is 17.3. The monoisotopic (exact) mass is 618 g/mol. The highest BCUT2D eigenvalue weighted by molar-refractivity contribution is 5.95. The molecule has 1 heterocycles. The number of nitrogens with zero attached hydrogens (tertiary/aromatic N) is 1. The third kappa shape index (κ3) is 8.74. The van der Waals surface area contributed by atoms with Crippen LogP contribution in [0, 0.1) is 0 Å². The quantitative estimate of drug-likeness (QED) is 0.0778. The smallest absolute Gasteiger partial charge is 0.337 e. The van der Waals surface area contributed by atoms with Crippen molar-refractivity contribution in [1.82, 2.24) is 16.1 Å². The Hall–Kier alpha value is -5.56. The molecular formula is C32H34N4O9. The van der Waals surface area contributed by atoms with Crippen LogP contribution in [0.3, 0.4) is 0 Å². The number of rotatable bonds is 14. The number of hydrogen-bond donors (Lipinski definition) is 5. The van der Waals surface area contributed by atoms with Crippen LogP contribution < -0.4 is 30.3 Å². The zero-order valence-electron chi connectivity index (χ0n) is 24.9. The zero-order valence-corrected chi connectivity index (χ0v) is 24.9. The minimum atomic E-state index is -1.15. The number of aromatic carboxylic acids is 1. The van der Waals surface area contributed by atoms with Gasteiger partial charge in [-0.1, -0.05) is 18.2 Å². The maximum Gasteiger partial charge on any atom is 0.337 e. The number of hydrazone groups is 1. The normalized spacial score (nSPS) is 15.1. The number of nitrogens with one attached hydrogen (secondary N) is 3. The predicted molar refractivity (Wildman–Crippen MR) is 163 cm³/mol. The second-order valence-corrected chi connectivity index (χ2v) is 9.77. The number of methoxy groups -OCH3 is 1. The molecule has 3 aromatic rings. The molecule has 2 amide bonds. The third-order valence-corrected chi connectivity index (χ3v) is 6.60. The van der Waals surface area contributed by atoms with Gasteiger partial charge >= 0.3 is 18.0 Å². The standard InChI is InChI=1S/C32H34N4O9/c1-4-43-26-15-23(29-28(31(40)42-3)19(2)34-32(41)35-29)11-14-25(26)45-18-27(37)36-33-16-20-7-12-24(13-8-20)44-17-21-5-9-22(10-6-21)30(38)39/h5-16,27,29,36-37H,4,17-18H2,1-3H3,(H,38,39)(H2,34,35,41)/b33-16-/t27-,29+/m1/s1. The Morgan fingerprint density at radius 2 is 1.76 bits per heavy atom. The molecule has 13 heteroatoms. The summed E-state index contributed by atoms with van der Waals surface area (Å²) < 4.78 is 22.2. The number of aliphatic hydroxyl groups excluding tert-OH is 1. The van der Waals surface area contributed by atoms with Crippen LogP contribution in [0.2, 0.25) is 0 Å². The van der Waals surface area contributed by atoms with Crippen molar-refractivity contribution in [2.45, 2.75) is 32.7 Å². The van der Waals surface area contributed by atoms with Crippen molar-refractivity contribution >= 4 is 24.2 Å². The van der Waals surface area contributed by atoms with Crippen molar-refractivity contribution in [1.29, 1.82) is 0 Å². The van der Waals surface area contributed by atoms with Crippen molar-refractivity contribution in [2.75, 3.05) is 20.3 Å². The molecule has 0 fully saturated rings. The van der Waals surface area contributed by atoms with Gasteiger partial charge in [-0.05, 0) is 79.1 Å². The summed E-state index contributed by atoms with van der Waals surface area (Å²) in [5, 5.41) is 28.7.